The van der Waals surface area contributed by atoms with Gasteiger partial charge in [-0.05, 0) is 56.2 Å². The Morgan fingerprint density at radius 3 is 2.26 bits per heavy atom. The van der Waals surface area contributed by atoms with Crippen molar-refractivity contribution >= 4 is 17.6 Å². The lowest BCUT2D eigenvalue weighted by Gasteiger charge is -2.51. The van der Waals surface area contributed by atoms with E-state index < -0.39 is 17.7 Å². The van der Waals surface area contributed by atoms with Crippen LogP contribution < -0.4 is 14.2 Å². The number of likely N-dealkylation sites (tertiary alicyclic amines) is 1. The van der Waals surface area contributed by atoms with Crippen LogP contribution in [0, 0.1) is 0 Å². The summed E-state index contributed by atoms with van der Waals surface area (Å²) in [5.41, 5.74) is 1.24. The molecule has 0 aromatic heterocycles. The topological polar surface area (TPSA) is 94.6 Å². The fourth-order valence-electron chi connectivity index (χ4n) is 6.30. The second kappa shape index (κ2) is 11.7. The summed E-state index contributed by atoms with van der Waals surface area (Å²) in [6, 6.07) is 12.1. The maximum atomic E-state index is 13.8. The van der Waals surface area contributed by atoms with E-state index in [0.29, 0.717) is 25.3 Å². The molecule has 9 heteroatoms. The van der Waals surface area contributed by atoms with E-state index in [2.05, 4.69) is 0 Å². The molecule has 3 fully saturated rings. The number of hydrogen-bond donors (Lipinski definition) is 0. The first kappa shape index (κ1) is 27.0. The molecule has 2 heterocycles. The van der Waals surface area contributed by atoms with Gasteiger partial charge >= 0.3 is 0 Å². The molecule has 9 nitrogen and oxygen atoms in total. The van der Waals surface area contributed by atoms with Gasteiger partial charge in [0.05, 0.1) is 46.1 Å². The van der Waals surface area contributed by atoms with Gasteiger partial charge in [-0.3, -0.25) is 14.4 Å². The van der Waals surface area contributed by atoms with E-state index in [9.17, 15) is 14.4 Å². The fraction of sp³-hybridized carbons (Fsp3) is 0.500. The number of rotatable bonds is 9. The summed E-state index contributed by atoms with van der Waals surface area (Å²) in [6.07, 6.45) is 4.86. The molecule has 2 aromatic carbocycles. The van der Waals surface area contributed by atoms with E-state index in [1.807, 2.05) is 35.2 Å². The minimum Gasteiger partial charge on any atom is -0.493 e. The number of benzene rings is 2. The van der Waals surface area contributed by atoms with Gasteiger partial charge in [0.2, 0.25) is 11.7 Å². The molecule has 1 aliphatic carbocycles. The van der Waals surface area contributed by atoms with Crippen molar-refractivity contribution in [2.75, 3.05) is 27.9 Å². The number of Topliss-reactive ketones (excluding diaryl/α,β-unsaturated/α-hetero) is 1. The van der Waals surface area contributed by atoms with Gasteiger partial charge in [0.15, 0.2) is 11.5 Å². The van der Waals surface area contributed by atoms with Crippen LogP contribution in [-0.4, -0.2) is 79.5 Å². The monoisotopic (exact) mass is 536 g/mol. The number of ketones is 1. The number of nitrogens with zero attached hydrogens (tertiary/aromatic N) is 2. The van der Waals surface area contributed by atoms with Gasteiger partial charge in [-0.15, -0.1) is 0 Å². The van der Waals surface area contributed by atoms with Gasteiger partial charge in [0.25, 0.3) is 11.7 Å². The predicted octanol–water partition coefficient (Wildman–Crippen LogP) is 3.62. The summed E-state index contributed by atoms with van der Waals surface area (Å²) in [6.45, 7) is 0.921. The van der Waals surface area contributed by atoms with Crippen molar-refractivity contribution in [3.63, 3.8) is 0 Å². The number of carbonyl (C=O) groups is 3. The third kappa shape index (κ3) is 5.20. The molecular formula is C30H36N2O7. The fourth-order valence-corrected chi connectivity index (χ4v) is 6.30. The van der Waals surface area contributed by atoms with Crippen LogP contribution in [0.4, 0.5) is 0 Å². The number of ether oxygens (including phenoxy) is 4. The van der Waals surface area contributed by atoms with Crippen molar-refractivity contribution in [1.82, 2.24) is 9.80 Å². The highest BCUT2D eigenvalue weighted by molar-refractivity contribution is 6.43. The second-order valence-corrected chi connectivity index (χ2v) is 10.4. The van der Waals surface area contributed by atoms with Crippen molar-refractivity contribution < 1.29 is 33.3 Å². The van der Waals surface area contributed by atoms with E-state index in [1.54, 1.807) is 0 Å². The Labute approximate surface area is 228 Å². The minimum atomic E-state index is -0.697. The Bertz CT molecular complexity index is 1190. The zero-order chi connectivity index (χ0) is 27.5. The van der Waals surface area contributed by atoms with Crippen LogP contribution in [0.2, 0.25) is 0 Å². The van der Waals surface area contributed by atoms with Gasteiger partial charge in [-0.2, -0.15) is 0 Å². The summed E-state index contributed by atoms with van der Waals surface area (Å²) < 4.78 is 22.4. The van der Waals surface area contributed by atoms with Crippen molar-refractivity contribution in [1.29, 1.82) is 0 Å². The smallest absolute Gasteiger partial charge is 0.295 e. The van der Waals surface area contributed by atoms with E-state index >= 15 is 0 Å². The van der Waals surface area contributed by atoms with Gasteiger partial charge in [-0.25, -0.2) is 0 Å². The first-order valence-electron chi connectivity index (χ1n) is 13.6. The Kier molecular flexibility index (Phi) is 8.07. The summed E-state index contributed by atoms with van der Waals surface area (Å²) in [4.78, 5) is 44.3. The number of amides is 2. The highest BCUT2D eigenvalue weighted by atomic mass is 16.5. The highest BCUT2D eigenvalue weighted by Crippen LogP contribution is 2.39. The van der Waals surface area contributed by atoms with Crippen LogP contribution in [0.5, 0.6) is 17.2 Å². The number of piperidine rings is 1. The average molecular weight is 537 g/mol. The molecule has 2 aliphatic heterocycles. The van der Waals surface area contributed by atoms with E-state index in [-0.39, 0.29) is 41.2 Å². The molecule has 4 atom stereocenters. The van der Waals surface area contributed by atoms with Crippen LogP contribution >= 0.6 is 0 Å². The molecule has 4 unspecified atom stereocenters. The quantitative estimate of drug-likeness (QED) is 0.357. The van der Waals surface area contributed by atoms with Gasteiger partial charge < -0.3 is 28.7 Å². The molecule has 5 rings (SSSR count). The molecule has 1 saturated carbocycles. The Balaban J connectivity index is 1.33. The molecular weight excluding hydrogens is 500 g/mol. The highest BCUT2D eigenvalue weighted by Gasteiger charge is 2.50. The second-order valence-electron chi connectivity index (χ2n) is 10.4. The summed E-state index contributed by atoms with van der Waals surface area (Å²) in [5.74, 6) is -0.538. The lowest BCUT2D eigenvalue weighted by Crippen LogP contribution is -2.68. The molecule has 3 aliphatic rings. The Morgan fingerprint density at radius 2 is 1.59 bits per heavy atom. The zero-order valence-corrected chi connectivity index (χ0v) is 22.8. The van der Waals surface area contributed by atoms with Crippen molar-refractivity contribution in [2.24, 2.45) is 0 Å². The van der Waals surface area contributed by atoms with Crippen molar-refractivity contribution in [3.05, 3.63) is 53.6 Å². The lowest BCUT2D eigenvalue weighted by molar-refractivity contribution is -0.162. The third-order valence-electron chi connectivity index (χ3n) is 8.20. The summed E-state index contributed by atoms with van der Waals surface area (Å²) >= 11 is 0. The normalized spacial score (nSPS) is 24.4. The van der Waals surface area contributed by atoms with Crippen LogP contribution in [0.15, 0.2) is 42.5 Å². The van der Waals surface area contributed by atoms with Crippen LogP contribution in [0.3, 0.4) is 0 Å². The number of hydrogen-bond acceptors (Lipinski definition) is 7. The molecule has 0 N–H and O–H groups in total. The third-order valence-corrected chi connectivity index (χ3v) is 8.20. The van der Waals surface area contributed by atoms with Crippen molar-refractivity contribution in [2.45, 2.75) is 69.4 Å². The minimum absolute atomic E-state index is 0.0209. The SMILES string of the molecule is COc1cc(C(=O)C(=O)N2C3CCCC2C(=O)N(C2CCCC2OCc2ccccc2)C3)cc(OC)c1OC. The molecule has 0 radical (unpaired) electrons. The molecule has 39 heavy (non-hydrogen) atoms. The van der Waals surface area contributed by atoms with E-state index in [4.69, 9.17) is 18.9 Å². The zero-order valence-electron chi connectivity index (χ0n) is 22.8. The molecule has 2 saturated heterocycles. The number of fused-ring (bicyclic) bond motifs is 2. The van der Waals surface area contributed by atoms with Crippen LogP contribution in [0.1, 0.15) is 54.4 Å². The Morgan fingerprint density at radius 1 is 0.897 bits per heavy atom. The number of methoxy groups -OCH3 is 3. The lowest BCUT2D eigenvalue weighted by atomic mass is 9.88. The molecule has 2 aromatic rings. The largest absolute Gasteiger partial charge is 0.493 e. The van der Waals surface area contributed by atoms with Gasteiger partial charge in [0.1, 0.15) is 6.04 Å². The van der Waals surface area contributed by atoms with E-state index in [1.165, 1.54) is 38.4 Å². The van der Waals surface area contributed by atoms with Crippen LogP contribution in [-0.2, 0) is 20.9 Å². The number of piperazine rings is 1. The standard InChI is InChI=1S/C30H36N2O7/c1-36-25-15-20(16-26(37-2)28(25)38-3)27(33)30(35)32-21-11-7-13-23(32)29(34)31(17-21)22-12-8-14-24(22)39-18-19-9-5-4-6-10-19/h4-6,9-10,15-16,21-24H,7-8,11-14,17-18H2,1-3H3. The van der Waals surface area contributed by atoms with E-state index in [0.717, 1.165) is 37.7 Å². The summed E-state index contributed by atoms with van der Waals surface area (Å²) in [7, 11) is 4.38. The molecule has 0 spiro atoms. The molecule has 2 amide bonds. The molecule has 208 valence electrons. The maximum absolute atomic E-state index is 13.8. The average Bonchev–Trinajstić information content (AvgIpc) is 3.44. The maximum Gasteiger partial charge on any atom is 0.295 e. The first-order chi connectivity index (χ1) is 19.0. The van der Waals surface area contributed by atoms with Gasteiger partial charge in [-0.1, -0.05) is 30.3 Å². The molecule has 2 bridgehead atoms. The number of carbonyl (C=O) groups excluding carboxylic acids is 3. The Hall–Kier alpha value is -3.59. The predicted molar refractivity (Wildman–Crippen MR) is 143 cm³/mol. The van der Waals surface area contributed by atoms with Crippen molar-refractivity contribution in [3.8, 4) is 17.2 Å². The first-order valence-corrected chi connectivity index (χ1v) is 13.6. The summed E-state index contributed by atoms with van der Waals surface area (Å²) in [5, 5.41) is 0. The van der Waals surface area contributed by atoms with Crippen LogP contribution in [0.25, 0.3) is 0 Å². The van der Waals surface area contributed by atoms with Gasteiger partial charge in [0, 0.05) is 12.1 Å².